The first-order chi connectivity index (χ1) is 13.1. The van der Waals surface area contributed by atoms with Crippen molar-refractivity contribution in [3.8, 4) is 0 Å². The highest BCUT2D eigenvalue weighted by Gasteiger charge is 2.27. The summed E-state index contributed by atoms with van der Waals surface area (Å²) in [6.45, 7) is 4.46. The second-order valence-electron chi connectivity index (χ2n) is 6.46. The lowest BCUT2D eigenvalue weighted by molar-refractivity contribution is -0.139. The van der Waals surface area contributed by atoms with Gasteiger partial charge < -0.3 is 10.2 Å². The minimum absolute atomic E-state index is 0.00659. The molecule has 0 saturated heterocycles. The van der Waals surface area contributed by atoms with E-state index in [0.29, 0.717) is 18.7 Å². The van der Waals surface area contributed by atoms with Gasteiger partial charge in [-0.25, -0.2) is 0 Å². The van der Waals surface area contributed by atoms with E-state index in [4.69, 9.17) is 0 Å². The number of amides is 2. The first-order valence-electron chi connectivity index (χ1n) is 9.24. The van der Waals surface area contributed by atoms with Gasteiger partial charge in [0.2, 0.25) is 11.8 Å². The number of carbonyl (C=O) groups is 2. The lowest BCUT2D eigenvalue weighted by Crippen LogP contribution is -2.48. The van der Waals surface area contributed by atoms with Gasteiger partial charge in [0.1, 0.15) is 6.04 Å². The number of aryl methyl sites for hydroxylation is 1. The molecule has 0 heterocycles. The Balaban J connectivity index is 2.07. The topological polar surface area (TPSA) is 49.4 Å². The number of rotatable bonds is 9. The van der Waals surface area contributed by atoms with Crippen molar-refractivity contribution in [1.29, 1.82) is 0 Å². The zero-order chi connectivity index (χ0) is 19.6. The van der Waals surface area contributed by atoms with Crippen LogP contribution < -0.4 is 5.32 Å². The van der Waals surface area contributed by atoms with Crippen molar-refractivity contribution >= 4 is 23.6 Å². The molecule has 1 atom stereocenters. The van der Waals surface area contributed by atoms with Gasteiger partial charge in [0.05, 0.1) is 5.75 Å². The van der Waals surface area contributed by atoms with Gasteiger partial charge in [0, 0.05) is 19.3 Å². The molecule has 0 unspecified atom stereocenters. The normalized spacial score (nSPS) is 11.7. The summed E-state index contributed by atoms with van der Waals surface area (Å²) < 4.78 is 0. The summed E-state index contributed by atoms with van der Waals surface area (Å²) in [5.41, 5.74) is 3.50. The van der Waals surface area contributed by atoms with Crippen LogP contribution in [0.15, 0.2) is 54.6 Å². The van der Waals surface area contributed by atoms with Gasteiger partial charge in [-0.2, -0.15) is 0 Å². The Kier molecular flexibility index (Phi) is 8.40. The summed E-state index contributed by atoms with van der Waals surface area (Å²) in [6, 6.07) is 17.6. The van der Waals surface area contributed by atoms with Crippen molar-refractivity contribution < 1.29 is 9.59 Å². The Morgan fingerprint density at radius 1 is 1.07 bits per heavy atom. The summed E-state index contributed by atoms with van der Waals surface area (Å²) in [7, 11) is 1.61. The van der Waals surface area contributed by atoms with Gasteiger partial charge >= 0.3 is 0 Å². The third-order valence-corrected chi connectivity index (χ3v) is 5.54. The predicted octanol–water partition coefficient (Wildman–Crippen LogP) is 3.78. The number of thioether (sulfide) groups is 1. The van der Waals surface area contributed by atoms with E-state index in [1.54, 1.807) is 23.7 Å². The highest BCUT2D eigenvalue weighted by atomic mass is 32.2. The number of nitrogens with one attached hydrogen (secondary N) is 1. The van der Waals surface area contributed by atoms with E-state index in [2.05, 4.69) is 24.4 Å². The zero-order valence-electron chi connectivity index (χ0n) is 16.3. The van der Waals surface area contributed by atoms with Crippen LogP contribution >= 0.6 is 11.8 Å². The third kappa shape index (κ3) is 6.14. The summed E-state index contributed by atoms with van der Waals surface area (Å²) in [5, 5.41) is 2.69. The second-order valence-corrected chi connectivity index (χ2v) is 7.45. The first kappa shape index (κ1) is 21.0. The number of nitrogens with zero attached hydrogens (tertiary/aromatic N) is 1. The van der Waals surface area contributed by atoms with Gasteiger partial charge in [-0.1, -0.05) is 61.5 Å². The van der Waals surface area contributed by atoms with E-state index in [1.807, 2.05) is 49.4 Å². The molecule has 0 aliphatic rings. The largest absolute Gasteiger partial charge is 0.357 e. The molecular weight excluding hydrogens is 356 g/mol. The fourth-order valence-corrected chi connectivity index (χ4v) is 3.96. The molecule has 2 rings (SSSR count). The standard InChI is InChI=1S/C22H28N2O2S/c1-4-20(22(26)23-3)24(14-18-11-6-5-7-12-18)21(25)16-27-15-19-13-9-8-10-17(19)2/h5-13,20H,4,14-16H2,1-3H3,(H,23,26)/t20-/m0/s1. The number of hydrogen-bond donors (Lipinski definition) is 1. The number of hydrogen-bond acceptors (Lipinski definition) is 3. The molecule has 5 heteroatoms. The molecule has 144 valence electrons. The fraction of sp³-hybridized carbons (Fsp3) is 0.364. The van der Waals surface area contributed by atoms with Crippen LogP contribution in [-0.4, -0.2) is 35.6 Å². The van der Waals surface area contributed by atoms with Crippen molar-refractivity contribution in [3.05, 3.63) is 71.3 Å². The van der Waals surface area contributed by atoms with E-state index in [9.17, 15) is 9.59 Å². The molecule has 0 aromatic heterocycles. The van der Waals surface area contributed by atoms with Crippen molar-refractivity contribution in [2.75, 3.05) is 12.8 Å². The Hall–Kier alpha value is -2.27. The van der Waals surface area contributed by atoms with Gasteiger partial charge in [0.15, 0.2) is 0 Å². The summed E-state index contributed by atoms with van der Waals surface area (Å²) >= 11 is 1.59. The van der Waals surface area contributed by atoms with Gasteiger partial charge in [-0.3, -0.25) is 9.59 Å². The van der Waals surface area contributed by atoms with E-state index >= 15 is 0 Å². The second kappa shape index (κ2) is 10.8. The van der Waals surface area contributed by atoms with Gasteiger partial charge in [0.25, 0.3) is 0 Å². The number of benzene rings is 2. The van der Waals surface area contributed by atoms with Crippen molar-refractivity contribution in [2.45, 2.75) is 38.6 Å². The molecule has 0 spiro atoms. The van der Waals surface area contributed by atoms with Crippen LogP contribution in [0.5, 0.6) is 0 Å². The molecule has 0 fully saturated rings. The molecule has 27 heavy (non-hydrogen) atoms. The van der Waals surface area contributed by atoms with Crippen molar-refractivity contribution in [2.24, 2.45) is 0 Å². The molecule has 1 N–H and O–H groups in total. The smallest absolute Gasteiger partial charge is 0.242 e. The summed E-state index contributed by atoms with van der Waals surface area (Å²) in [4.78, 5) is 27.0. The lowest BCUT2D eigenvalue weighted by Gasteiger charge is -2.30. The summed E-state index contributed by atoms with van der Waals surface area (Å²) in [6.07, 6.45) is 0.584. The highest BCUT2D eigenvalue weighted by molar-refractivity contribution is 7.99. The van der Waals surface area contributed by atoms with Crippen LogP contribution in [0, 0.1) is 6.92 Å². The average molecular weight is 385 g/mol. The minimum Gasteiger partial charge on any atom is -0.357 e. The molecule has 0 aliphatic heterocycles. The van der Waals surface area contributed by atoms with Crippen LogP contribution in [0.1, 0.15) is 30.0 Å². The zero-order valence-corrected chi connectivity index (χ0v) is 17.1. The quantitative estimate of drug-likeness (QED) is 0.716. The molecule has 2 amide bonds. The van der Waals surface area contributed by atoms with Crippen LogP contribution in [-0.2, 0) is 21.9 Å². The lowest BCUT2D eigenvalue weighted by atomic mass is 10.1. The number of likely N-dealkylation sites (N-methyl/N-ethyl adjacent to an activating group) is 1. The fourth-order valence-electron chi connectivity index (χ4n) is 2.97. The maximum atomic E-state index is 13.0. The SMILES string of the molecule is CC[C@@H](C(=O)NC)N(Cc1ccccc1)C(=O)CSCc1ccccc1C. The van der Waals surface area contributed by atoms with E-state index in [1.165, 1.54) is 11.1 Å². The Bertz CT molecular complexity index is 749. The van der Waals surface area contributed by atoms with Crippen LogP contribution in [0.2, 0.25) is 0 Å². The number of carbonyl (C=O) groups excluding carboxylic acids is 2. The molecular formula is C22H28N2O2S. The highest BCUT2D eigenvalue weighted by Crippen LogP contribution is 2.19. The minimum atomic E-state index is -0.457. The van der Waals surface area contributed by atoms with E-state index in [-0.39, 0.29) is 11.8 Å². The van der Waals surface area contributed by atoms with E-state index in [0.717, 1.165) is 11.3 Å². The molecule has 0 saturated carbocycles. The van der Waals surface area contributed by atoms with Crippen LogP contribution in [0.3, 0.4) is 0 Å². The van der Waals surface area contributed by atoms with E-state index < -0.39 is 6.04 Å². The monoisotopic (exact) mass is 384 g/mol. The molecule has 4 nitrogen and oxygen atoms in total. The summed E-state index contributed by atoms with van der Waals surface area (Å²) in [5.74, 6) is 1.02. The Morgan fingerprint density at radius 2 is 1.74 bits per heavy atom. The molecule has 0 bridgehead atoms. The predicted molar refractivity (Wildman–Crippen MR) is 112 cm³/mol. The third-order valence-electron chi connectivity index (χ3n) is 4.57. The molecule has 2 aromatic carbocycles. The molecule has 0 aliphatic carbocycles. The van der Waals surface area contributed by atoms with Crippen LogP contribution in [0.4, 0.5) is 0 Å². The van der Waals surface area contributed by atoms with Crippen LogP contribution in [0.25, 0.3) is 0 Å². The molecule has 0 radical (unpaired) electrons. The Morgan fingerprint density at radius 3 is 2.37 bits per heavy atom. The molecule has 2 aromatic rings. The Labute approximate surface area is 166 Å². The first-order valence-corrected chi connectivity index (χ1v) is 10.4. The maximum Gasteiger partial charge on any atom is 0.242 e. The average Bonchev–Trinajstić information content (AvgIpc) is 2.69. The maximum absolute atomic E-state index is 13.0. The van der Waals surface area contributed by atoms with Crippen molar-refractivity contribution in [3.63, 3.8) is 0 Å². The van der Waals surface area contributed by atoms with Gasteiger partial charge in [-0.15, -0.1) is 11.8 Å². The van der Waals surface area contributed by atoms with Gasteiger partial charge in [-0.05, 0) is 30.0 Å². The van der Waals surface area contributed by atoms with Crippen molar-refractivity contribution in [1.82, 2.24) is 10.2 Å².